The van der Waals surface area contributed by atoms with Crippen LogP contribution in [0.2, 0.25) is 0 Å². The smallest absolute Gasteiger partial charge is 0.203 e. The summed E-state index contributed by atoms with van der Waals surface area (Å²) in [6, 6.07) is 18.8. The molecule has 1 aliphatic rings. The Morgan fingerprint density at radius 1 is 0.967 bits per heavy atom. The molecule has 0 amide bonds. The highest BCUT2D eigenvalue weighted by molar-refractivity contribution is 7.99. The molecule has 0 bridgehead atoms. The molecular formula is C24H26N2O3S. The van der Waals surface area contributed by atoms with Crippen molar-refractivity contribution in [2.45, 2.75) is 23.1 Å². The molecule has 0 radical (unpaired) electrons. The van der Waals surface area contributed by atoms with E-state index in [9.17, 15) is 0 Å². The molecule has 2 heterocycles. The number of ether oxygens (including phenoxy) is 3. The van der Waals surface area contributed by atoms with Gasteiger partial charge in [-0.15, -0.1) is 11.8 Å². The minimum atomic E-state index is 0.272. The summed E-state index contributed by atoms with van der Waals surface area (Å²) in [5, 5.41) is 0.272. The Morgan fingerprint density at radius 2 is 1.70 bits per heavy atom. The van der Waals surface area contributed by atoms with E-state index in [4.69, 9.17) is 14.2 Å². The van der Waals surface area contributed by atoms with Crippen molar-refractivity contribution in [1.82, 2.24) is 4.98 Å². The second-order valence-corrected chi connectivity index (χ2v) is 8.31. The van der Waals surface area contributed by atoms with Gasteiger partial charge in [0.25, 0.3) is 0 Å². The molecule has 0 saturated heterocycles. The summed E-state index contributed by atoms with van der Waals surface area (Å²) in [6.45, 7) is 1.72. The van der Waals surface area contributed by atoms with E-state index in [-0.39, 0.29) is 5.25 Å². The summed E-state index contributed by atoms with van der Waals surface area (Å²) in [5.74, 6) is 2.00. The second-order valence-electron chi connectivity index (χ2n) is 7.06. The summed E-state index contributed by atoms with van der Waals surface area (Å²) >= 11 is 1.88. The molecule has 156 valence electrons. The summed E-state index contributed by atoms with van der Waals surface area (Å²) in [6.07, 6.45) is 2.84. The first-order valence-corrected chi connectivity index (χ1v) is 10.8. The van der Waals surface area contributed by atoms with Gasteiger partial charge in [0, 0.05) is 22.9 Å². The fourth-order valence-electron chi connectivity index (χ4n) is 3.80. The van der Waals surface area contributed by atoms with Crippen molar-refractivity contribution < 1.29 is 14.2 Å². The number of rotatable bonds is 6. The summed E-state index contributed by atoms with van der Waals surface area (Å²) in [7, 11) is 4.95. The van der Waals surface area contributed by atoms with Gasteiger partial charge in [-0.3, -0.25) is 4.98 Å². The number of nitrogens with zero attached hydrogens (tertiary/aromatic N) is 2. The molecule has 2 aromatic carbocycles. The third-order valence-electron chi connectivity index (χ3n) is 5.27. The van der Waals surface area contributed by atoms with Crippen LogP contribution in [0.3, 0.4) is 0 Å². The number of para-hydroxylation sites is 1. The molecule has 0 aliphatic carbocycles. The molecule has 0 spiro atoms. The van der Waals surface area contributed by atoms with Crippen LogP contribution < -0.4 is 19.1 Å². The maximum Gasteiger partial charge on any atom is 0.203 e. The number of hydrogen-bond donors (Lipinski definition) is 0. The lowest BCUT2D eigenvalue weighted by Crippen LogP contribution is -2.24. The average Bonchev–Trinajstić information content (AvgIpc) is 2.98. The van der Waals surface area contributed by atoms with Crippen LogP contribution >= 0.6 is 11.8 Å². The number of pyridine rings is 1. The molecule has 0 saturated carbocycles. The zero-order valence-corrected chi connectivity index (χ0v) is 18.3. The molecule has 6 heteroatoms. The van der Waals surface area contributed by atoms with E-state index in [1.165, 1.54) is 16.1 Å². The normalized spacial score (nSPS) is 15.8. The van der Waals surface area contributed by atoms with Crippen molar-refractivity contribution in [2.75, 3.05) is 32.8 Å². The van der Waals surface area contributed by atoms with Crippen LogP contribution in [0.25, 0.3) is 0 Å². The molecule has 0 N–H and O–H groups in total. The molecule has 4 rings (SSSR count). The predicted octanol–water partition coefficient (Wildman–Crippen LogP) is 5.35. The maximum atomic E-state index is 5.58. The van der Waals surface area contributed by atoms with Crippen molar-refractivity contribution in [2.24, 2.45) is 0 Å². The van der Waals surface area contributed by atoms with Gasteiger partial charge >= 0.3 is 0 Å². The zero-order chi connectivity index (χ0) is 20.9. The molecule has 30 heavy (non-hydrogen) atoms. The molecule has 0 fully saturated rings. The Morgan fingerprint density at radius 3 is 2.37 bits per heavy atom. The summed E-state index contributed by atoms with van der Waals surface area (Å²) in [5.41, 5.74) is 3.50. The van der Waals surface area contributed by atoms with E-state index in [1.807, 2.05) is 30.1 Å². The van der Waals surface area contributed by atoms with Crippen LogP contribution in [0, 0.1) is 0 Å². The van der Waals surface area contributed by atoms with Crippen LogP contribution in [0.1, 0.15) is 22.9 Å². The fraction of sp³-hybridized carbons (Fsp3) is 0.292. The number of hydrogen-bond acceptors (Lipinski definition) is 6. The van der Waals surface area contributed by atoms with Crippen LogP contribution in [-0.2, 0) is 6.54 Å². The van der Waals surface area contributed by atoms with Crippen molar-refractivity contribution >= 4 is 17.4 Å². The average molecular weight is 423 g/mol. The highest BCUT2D eigenvalue weighted by Crippen LogP contribution is 2.48. The molecule has 3 aromatic rings. The van der Waals surface area contributed by atoms with Crippen molar-refractivity contribution in [3.05, 3.63) is 72.1 Å². The van der Waals surface area contributed by atoms with E-state index in [2.05, 4.69) is 52.3 Å². The number of anilines is 1. The number of thioether (sulfide) groups is 1. The number of benzene rings is 2. The van der Waals surface area contributed by atoms with Gasteiger partial charge in [0.2, 0.25) is 5.75 Å². The monoisotopic (exact) mass is 422 g/mol. The van der Waals surface area contributed by atoms with Gasteiger partial charge in [0.15, 0.2) is 11.5 Å². The largest absolute Gasteiger partial charge is 0.493 e. The summed E-state index contributed by atoms with van der Waals surface area (Å²) in [4.78, 5) is 8.21. The van der Waals surface area contributed by atoms with Gasteiger partial charge in [-0.2, -0.15) is 0 Å². The van der Waals surface area contributed by atoms with Gasteiger partial charge in [0.05, 0.1) is 39.3 Å². The molecule has 1 aromatic heterocycles. The predicted molar refractivity (Wildman–Crippen MR) is 121 cm³/mol. The van der Waals surface area contributed by atoms with E-state index in [0.717, 1.165) is 25.2 Å². The van der Waals surface area contributed by atoms with Crippen LogP contribution in [0.4, 0.5) is 5.69 Å². The van der Waals surface area contributed by atoms with Crippen molar-refractivity contribution in [3.8, 4) is 17.2 Å². The Bertz CT molecular complexity index is 972. The Kier molecular flexibility index (Phi) is 6.33. The zero-order valence-electron chi connectivity index (χ0n) is 17.5. The quantitative estimate of drug-likeness (QED) is 0.533. The third-order valence-corrected chi connectivity index (χ3v) is 6.67. The molecule has 0 unspecified atom stereocenters. The highest BCUT2D eigenvalue weighted by Gasteiger charge is 2.25. The number of fused-ring (bicyclic) bond motifs is 1. The Balaban J connectivity index is 1.67. The fourth-order valence-corrected chi connectivity index (χ4v) is 5.07. The molecular weight excluding hydrogens is 396 g/mol. The van der Waals surface area contributed by atoms with Gasteiger partial charge in [-0.1, -0.05) is 18.2 Å². The van der Waals surface area contributed by atoms with Gasteiger partial charge in [-0.05, 0) is 48.4 Å². The third kappa shape index (κ3) is 4.19. The van der Waals surface area contributed by atoms with E-state index in [1.54, 1.807) is 21.3 Å². The second kappa shape index (κ2) is 9.30. The van der Waals surface area contributed by atoms with E-state index in [0.29, 0.717) is 17.2 Å². The SMILES string of the molecule is COc1cc([C@H]2CCN(Cc3ccccn3)c3ccccc3S2)cc(OC)c1OC. The first kappa shape index (κ1) is 20.4. The Hall–Kier alpha value is -2.86. The minimum absolute atomic E-state index is 0.272. The standard InChI is InChI=1S/C24H26N2O3S/c1-27-20-14-17(15-21(28-2)24(20)29-3)22-11-13-26(16-18-8-6-7-12-25-18)19-9-4-5-10-23(19)30-22/h4-10,12,14-15,22H,11,13,16H2,1-3H3/t22-/m1/s1. The summed E-state index contributed by atoms with van der Waals surface area (Å²) < 4.78 is 16.6. The van der Waals surface area contributed by atoms with Crippen molar-refractivity contribution in [3.63, 3.8) is 0 Å². The molecule has 1 aliphatic heterocycles. The van der Waals surface area contributed by atoms with Crippen LogP contribution in [-0.4, -0.2) is 32.9 Å². The maximum absolute atomic E-state index is 5.58. The van der Waals surface area contributed by atoms with Crippen LogP contribution in [0.5, 0.6) is 17.2 Å². The lowest BCUT2D eigenvalue weighted by Gasteiger charge is -2.24. The number of aromatic nitrogens is 1. The van der Waals surface area contributed by atoms with E-state index >= 15 is 0 Å². The number of methoxy groups -OCH3 is 3. The van der Waals surface area contributed by atoms with Gasteiger partial charge in [-0.25, -0.2) is 0 Å². The molecule has 5 nitrogen and oxygen atoms in total. The van der Waals surface area contributed by atoms with Gasteiger partial charge in [0.1, 0.15) is 0 Å². The lowest BCUT2D eigenvalue weighted by molar-refractivity contribution is 0.323. The minimum Gasteiger partial charge on any atom is -0.493 e. The van der Waals surface area contributed by atoms with Gasteiger partial charge < -0.3 is 19.1 Å². The molecule has 1 atom stereocenters. The van der Waals surface area contributed by atoms with Crippen molar-refractivity contribution in [1.29, 1.82) is 0 Å². The Labute approximate surface area is 182 Å². The highest BCUT2D eigenvalue weighted by atomic mass is 32.2. The first-order valence-electron chi connectivity index (χ1n) is 9.94. The lowest BCUT2D eigenvalue weighted by atomic mass is 10.1. The first-order chi connectivity index (χ1) is 14.7. The topological polar surface area (TPSA) is 43.8 Å². The van der Waals surface area contributed by atoms with E-state index < -0.39 is 0 Å². The van der Waals surface area contributed by atoms with Crippen LogP contribution in [0.15, 0.2) is 65.7 Å².